The Kier molecular flexibility index (Phi) is 7.71. The van der Waals surface area contributed by atoms with E-state index in [9.17, 15) is 9.59 Å². The average molecular weight is 484 g/mol. The van der Waals surface area contributed by atoms with Gasteiger partial charge in [-0.05, 0) is 6.07 Å². The summed E-state index contributed by atoms with van der Waals surface area (Å²) < 4.78 is 21.5. The van der Waals surface area contributed by atoms with E-state index in [1.165, 1.54) is 19.4 Å². The second-order valence-corrected chi connectivity index (χ2v) is 13.1. The molecule has 0 saturated heterocycles. The summed E-state index contributed by atoms with van der Waals surface area (Å²) in [6.07, 6.45) is -0.564. The molecule has 8 heteroatoms. The number of rotatable bonds is 7. The first-order valence-electron chi connectivity index (χ1n) is 11.2. The molecule has 1 aliphatic heterocycles. The molecular formula is C26H33NO6Si. The van der Waals surface area contributed by atoms with E-state index in [-0.39, 0.29) is 12.3 Å². The van der Waals surface area contributed by atoms with Gasteiger partial charge in [0.1, 0.15) is 8.07 Å². The highest BCUT2D eigenvalue weighted by Crippen LogP contribution is 2.51. The summed E-state index contributed by atoms with van der Waals surface area (Å²) in [5.41, 5.74) is 1.43. The normalized spacial score (nSPS) is 18.0. The van der Waals surface area contributed by atoms with Gasteiger partial charge in [0.25, 0.3) is 0 Å². The van der Waals surface area contributed by atoms with Gasteiger partial charge in [0, 0.05) is 17.2 Å². The number of methoxy groups -OCH3 is 4. The maximum atomic E-state index is 13.2. The van der Waals surface area contributed by atoms with Crippen LogP contribution >= 0.6 is 0 Å². The zero-order chi connectivity index (χ0) is 25.0. The Balaban J connectivity index is 2.30. The SMILES string of the molecule is COC(=O)CC1=C([Si](C)(C)c2ccccc2)[C@@H](C)[C@@H](c2cccc(OC)c2OC)N1C(=O)OC. The van der Waals surface area contributed by atoms with E-state index >= 15 is 0 Å². The van der Waals surface area contributed by atoms with Crippen LogP contribution in [0.25, 0.3) is 0 Å². The molecule has 1 aliphatic rings. The van der Waals surface area contributed by atoms with Crippen molar-refractivity contribution in [1.29, 1.82) is 0 Å². The Bertz CT molecular complexity index is 1080. The van der Waals surface area contributed by atoms with Gasteiger partial charge < -0.3 is 18.9 Å². The van der Waals surface area contributed by atoms with Gasteiger partial charge in [-0.15, -0.1) is 0 Å². The van der Waals surface area contributed by atoms with Crippen molar-refractivity contribution in [2.45, 2.75) is 32.5 Å². The number of nitrogens with zero attached hydrogens (tertiary/aromatic N) is 1. The van der Waals surface area contributed by atoms with Gasteiger partial charge in [0.05, 0.1) is 40.9 Å². The molecule has 0 aliphatic carbocycles. The minimum absolute atomic E-state index is 0.0304. The predicted octanol–water partition coefficient (Wildman–Crippen LogP) is 4.44. The molecule has 1 amide bonds. The van der Waals surface area contributed by atoms with Gasteiger partial charge in [-0.2, -0.15) is 0 Å². The summed E-state index contributed by atoms with van der Waals surface area (Å²) >= 11 is 0. The molecule has 0 saturated carbocycles. The maximum Gasteiger partial charge on any atom is 0.414 e. The van der Waals surface area contributed by atoms with Crippen molar-refractivity contribution >= 4 is 25.3 Å². The maximum absolute atomic E-state index is 13.2. The Morgan fingerprint density at radius 1 is 0.912 bits per heavy atom. The smallest absolute Gasteiger partial charge is 0.414 e. The first kappa shape index (κ1) is 25.4. The Morgan fingerprint density at radius 3 is 2.15 bits per heavy atom. The average Bonchev–Trinajstić information content (AvgIpc) is 3.14. The molecular weight excluding hydrogens is 450 g/mol. The van der Waals surface area contributed by atoms with Crippen LogP contribution in [0.15, 0.2) is 59.4 Å². The summed E-state index contributed by atoms with van der Waals surface area (Å²) in [6.45, 7) is 6.58. The van der Waals surface area contributed by atoms with Crippen LogP contribution in [0.4, 0.5) is 4.79 Å². The summed E-state index contributed by atoms with van der Waals surface area (Å²) in [5.74, 6) is 0.597. The monoisotopic (exact) mass is 483 g/mol. The molecule has 0 unspecified atom stereocenters. The van der Waals surface area contributed by atoms with Crippen molar-refractivity contribution in [3.05, 3.63) is 65.0 Å². The topological polar surface area (TPSA) is 74.3 Å². The summed E-state index contributed by atoms with van der Waals surface area (Å²) in [6, 6.07) is 15.4. The number of esters is 1. The first-order valence-corrected chi connectivity index (χ1v) is 14.2. The molecule has 2 atom stereocenters. The molecule has 0 aromatic heterocycles. The van der Waals surface area contributed by atoms with Crippen LogP contribution in [0.3, 0.4) is 0 Å². The zero-order valence-corrected chi connectivity index (χ0v) is 21.9. The lowest BCUT2D eigenvalue weighted by Crippen LogP contribution is -2.45. The number of hydrogen-bond acceptors (Lipinski definition) is 6. The first-order chi connectivity index (χ1) is 16.2. The lowest BCUT2D eigenvalue weighted by molar-refractivity contribution is -0.140. The van der Waals surface area contributed by atoms with Crippen LogP contribution in [0, 0.1) is 5.92 Å². The van der Waals surface area contributed by atoms with Crippen LogP contribution in [0.1, 0.15) is 24.9 Å². The lowest BCUT2D eigenvalue weighted by atomic mass is 9.94. The van der Waals surface area contributed by atoms with Crippen LogP contribution in [0.5, 0.6) is 11.5 Å². The molecule has 0 N–H and O–H groups in total. The second kappa shape index (κ2) is 10.3. The second-order valence-electron chi connectivity index (χ2n) is 8.76. The van der Waals surface area contributed by atoms with Crippen molar-refractivity contribution in [3.63, 3.8) is 0 Å². The molecule has 3 rings (SSSR count). The Morgan fingerprint density at radius 2 is 1.59 bits per heavy atom. The number of amides is 1. The highest BCUT2D eigenvalue weighted by atomic mass is 28.3. The number of para-hydroxylation sites is 1. The minimum Gasteiger partial charge on any atom is -0.493 e. The van der Waals surface area contributed by atoms with E-state index in [0.717, 1.165) is 10.8 Å². The Labute approximate surface area is 202 Å². The molecule has 182 valence electrons. The Hall–Kier alpha value is -3.26. The predicted molar refractivity (Wildman–Crippen MR) is 133 cm³/mol. The molecule has 2 aromatic carbocycles. The number of ether oxygens (including phenoxy) is 4. The molecule has 0 spiro atoms. The summed E-state index contributed by atoms with van der Waals surface area (Å²) in [4.78, 5) is 27.4. The third kappa shape index (κ3) is 4.42. The van der Waals surface area contributed by atoms with Crippen molar-refractivity contribution in [2.24, 2.45) is 5.92 Å². The van der Waals surface area contributed by atoms with Crippen molar-refractivity contribution in [3.8, 4) is 11.5 Å². The number of carbonyl (C=O) groups excluding carboxylic acids is 2. The van der Waals surface area contributed by atoms with E-state index in [4.69, 9.17) is 18.9 Å². The van der Waals surface area contributed by atoms with Crippen LogP contribution in [-0.4, -0.2) is 53.5 Å². The fraction of sp³-hybridized carbons (Fsp3) is 0.385. The highest BCUT2D eigenvalue weighted by Gasteiger charge is 2.50. The molecule has 2 aromatic rings. The van der Waals surface area contributed by atoms with Gasteiger partial charge in [-0.1, -0.05) is 72.9 Å². The zero-order valence-electron chi connectivity index (χ0n) is 20.9. The van der Waals surface area contributed by atoms with E-state index in [1.807, 2.05) is 36.4 Å². The third-order valence-corrected chi connectivity index (χ3v) is 10.5. The number of benzene rings is 2. The van der Waals surface area contributed by atoms with Crippen LogP contribution < -0.4 is 14.7 Å². The summed E-state index contributed by atoms with van der Waals surface area (Å²) in [7, 11) is 3.53. The van der Waals surface area contributed by atoms with Gasteiger partial charge >= 0.3 is 12.1 Å². The van der Waals surface area contributed by atoms with Gasteiger partial charge in [-0.3, -0.25) is 9.69 Å². The molecule has 0 bridgehead atoms. The highest BCUT2D eigenvalue weighted by molar-refractivity contribution is 6.95. The largest absolute Gasteiger partial charge is 0.493 e. The van der Waals surface area contributed by atoms with E-state index in [2.05, 4.69) is 32.2 Å². The minimum atomic E-state index is -2.33. The molecule has 0 radical (unpaired) electrons. The molecule has 0 fully saturated rings. The van der Waals surface area contributed by atoms with E-state index in [1.54, 1.807) is 19.1 Å². The van der Waals surface area contributed by atoms with Gasteiger partial charge in [-0.25, -0.2) is 4.79 Å². The number of hydrogen-bond donors (Lipinski definition) is 0. The number of carbonyl (C=O) groups is 2. The standard InChI is InChI=1S/C26H33NO6Si/c1-17-23(19-14-11-15-21(30-2)24(19)32-4)27(26(29)33-5)20(16-22(28)31-3)25(17)34(6,7)18-12-9-8-10-13-18/h8-15,17,23H,16H2,1-7H3/t17-,23-/m0/s1. The quantitative estimate of drug-likeness (QED) is 0.428. The van der Waals surface area contributed by atoms with Crippen LogP contribution in [0.2, 0.25) is 13.1 Å². The lowest BCUT2D eigenvalue weighted by Gasteiger charge is -2.31. The van der Waals surface area contributed by atoms with Gasteiger partial charge in [0.2, 0.25) is 0 Å². The molecule has 34 heavy (non-hydrogen) atoms. The fourth-order valence-electron chi connectivity index (χ4n) is 5.15. The van der Waals surface area contributed by atoms with E-state index < -0.39 is 26.2 Å². The van der Waals surface area contributed by atoms with Crippen molar-refractivity contribution in [1.82, 2.24) is 4.90 Å². The van der Waals surface area contributed by atoms with Crippen LogP contribution in [-0.2, 0) is 14.3 Å². The summed E-state index contributed by atoms with van der Waals surface area (Å²) in [5, 5.41) is 2.31. The van der Waals surface area contributed by atoms with Gasteiger partial charge in [0.15, 0.2) is 11.5 Å². The molecule has 7 nitrogen and oxygen atoms in total. The molecule has 1 heterocycles. The fourth-order valence-corrected chi connectivity index (χ4v) is 8.71. The van der Waals surface area contributed by atoms with Crippen molar-refractivity contribution in [2.75, 3.05) is 28.4 Å². The third-order valence-electron chi connectivity index (χ3n) is 6.64. The van der Waals surface area contributed by atoms with E-state index in [0.29, 0.717) is 17.2 Å². The van der Waals surface area contributed by atoms with Crippen molar-refractivity contribution < 1.29 is 28.5 Å².